The van der Waals surface area contributed by atoms with Gasteiger partial charge in [0.2, 0.25) is 0 Å². The molecule has 0 nitrogen and oxygen atoms in total. The second-order valence-electron chi connectivity index (χ2n) is 0.947. The number of alkyl halides is 1. The molecule has 0 bridgehead atoms. The maximum absolute atomic E-state index is 5.42. The van der Waals surface area contributed by atoms with E-state index in [1.54, 1.807) is 12.2 Å². The van der Waals surface area contributed by atoms with Crippen LogP contribution in [0.1, 0.15) is 0 Å². The zero-order chi connectivity index (χ0) is 5.70. The van der Waals surface area contributed by atoms with Crippen molar-refractivity contribution in [2.75, 3.05) is 5.88 Å². The molecule has 0 heterocycles. The van der Waals surface area contributed by atoms with Crippen molar-refractivity contribution in [1.82, 2.24) is 0 Å². The molecule has 0 spiro atoms. The van der Waals surface area contributed by atoms with Gasteiger partial charge in [0.25, 0.3) is 0 Å². The van der Waals surface area contributed by atoms with Crippen molar-refractivity contribution < 1.29 is 0 Å². The van der Waals surface area contributed by atoms with Crippen molar-refractivity contribution in [3.8, 4) is 0 Å². The van der Waals surface area contributed by atoms with Crippen LogP contribution in [0.4, 0.5) is 0 Å². The topological polar surface area (TPSA) is 0 Å². The molecule has 0 fully saturated rings. The minimum Gasteiger partial charge on any atom is -0.122 e. The SMILES string of the molecule is C=C/C(Cl)=C/CCl. The summed E-state index contributed by atoms with van der Waals surface area (Å²) < 4.78 is 0. The Morgan fingerprint density at radius 3 is 2.43 bits per heavy atom. The van der Waals surface area contributed by atoms with E-state index in [-0.39, 0.29) is 0 Å². The van der Waals surface area contributed by atoms with E-state index >= 15 is 0 Å². The molecule has 0 atom stereocenters. The van der Waals surface area contributed by atoms with Gasteiger partial charge in [-0.15, -0.1) is 11.6 Å². The Morgan fingerprint density at radius 2 is 2.29 bits per heavy atom. The van der Waals surface area contributed by atoms with E-state index in [9.17, 15) is 0 Å². The molecule has 0 radical (unpaired) electrons. The Bertz CT molecular complexity index is 84.1. The van der Waals surface area contributed by atoms with E-state index in [1.165, 1.54) is 0 Å². The summed E-state index contributed by atoms with van der Waals surface area (Å²) in [6.07, 6.45) is 3.22. The quantitative estimate of drug-likeness (QED) is 0.405. The molecule has 0 aliphatic rings. The Hall–Kier alpha value is 0.0600. The summed E-state index contributed by atoms with van der Waals surface area (Å²) in [5.41, 5.74) is 0. The molecule has 0 amide bonds. The minimum atomic E-state index is 0.449. The molecule has 0 rings (SSSR count). The molecule has 0 unspecified atom stereocenters. The van der Waals surface area contributed by atoms with Gasteiger partial charge in [-0.05, 0) is 0 Å². The van der Waals surface area contributed by atoms with Gasteiger partial charge in [0.15, 0.2) is 0 Å². The lowest BCUT2D eigenvalue weighted by Gasteiger charge is -1.79. The van der Waals surface area contributed by atoms with Crippen molar-refractivity contribution in [2.45, 2.75) is 0 Å². The normalized spacial score (nSPS) is 11.4. The van der Waals surface area contributed by atoms with E-state index in [2.05, 4.69) is 6.58 Å². The van der Waals surface area contributed by atoms with Crippen LogP contribution in [0.5, 0.6) is 0 Å². The molecule has 0 aliphatic carbocycles. The van der Waals surface area contributed by atoms with E-state index in [4.69, 9.17) is 23.2 Å². The summed E-state index contributed by atoms with van der Waals surface area (Å²) in [6.45, 7) is 3.42. The summed E-state index contributed by atoms with van der Waals surface area (Å²) in [5.74, 6) is 0.449. The first-order chi connectivity index (χ1) is 3.31. The largest absolute Gasteiger partial charge is 0.122 e. The third kappa shape index (κ3) is 3.90. The molecule has 0 saturated heterocycles. The summed E-state index contributed by atoms with van der Waals surface area (Å²) >= 11 is 10.7. The van der Waals surface area contributed by atoms with Gasteiger partial charge >= 0.3 is 0 Å². The van der Waals surface area contributed by atoms with Crippen LogP contribution >= 0.6 is 23.2 Å². The summed E-state index contributed by atoms with van der Waals surface area (Å²) in [7, 11) is 0. The molecule has 40 valence electrons. The molecule has 0 aromatic carbocycles. The van der Waals surface area contributed by atoms with Gasteiger partial charge in [0, 0.05) is 10.9 Å². The molecule has 0 N–H and O–H groups in total. The molecule has 2 heteroatoms. The fourth-order valence-corrected chi connectivity index (χ4v) is 0.479. The van der Waals surface area contributed by atoms with Crippen molar-refractivity contribution in [1.29, 1.82) is 0 Å². The highest BCUT2D eigenvalue weighted by atomic mass is 35.5. The van der Waals surface area contributed by atoms with Crippen LogP contribution in [0.15, 0.2) is 23.8 Å². The van der Waals surface area contributed by atoms with Crippen LogP contribution in [0.3, 0.4) is 0 Å². The average Bonchev–Trinajstić information content (AvgIpc) is 1.68. The van der Waals surface area contributed by atoms with E-state index in [1.807, 2.05) is 0 Å². The highest BCUT2D eigenvalue weighted by molar-refractivity contribution is 6.31. The number of rotatable bonds is 2. The highest BCUT2D eigenvalue weighted by Crippen LogP contribution is 2.00. The summed E-state index contributed by atoms with van der Waals surface area (Å²) in [4.78, 5) is 0. The number of halogens is 2. The Kier molecular flexibility index (Phi) is 4.26. The zero-order valence-corrected chi connectivity index (χ0v) is 5.34. The van der Waals surface area contributed by atoms with Crippen LogP contribution in [0.25, 0.3) is 0 Å². The van der Waals surface area contributed by atoms with Crippen LogP contribution in [-0.2, 0) is 0 Å². The second-order valence-corrected chi connectivity index (χ2v) is 1.69. The lowest BCUT2D eigenvalue weighted by atomic mass is 10.5. The van der Waals surface area contributed by atoms with Gasteiger partial charge in [0.05, 0.1) is 0 Å². The third-order valence-corrected chi connectivity index (χ3v) is 0.930. The van der Waals surface area contributed by atoms with E-state index in [0.717, 1.165) is 0 Å². The second kappa shape index (κ2) is 4.23. The van der Waals surface area contributed by atoms with Crippen LogP contribution in [0, 0.1) is 0 Å². The molecule has 0 aromatic rings. The summed E-state index contributed by atoms with van der Waals surface area (Å²) in [6, 6.07) is 0. The predicted octanol–water partition coefficient (Wildman–Crippen LogP) is 2.53. The fourth-order valence-electron chi connectivity index (χ4n) is 0.157. The van der Waals surface area contributed by atoms with Crippen molar-refractivity contribution in [2.24, 2.45) is 0 Å². The summed E-state index contributed by atoms with van der Waals surface area (Å²) in [5, 5.41) is 0.606. The molecule has 7 heavy (non-hydrogen) atoms. The lowest BCUT2D eigenvalue weighted by Crippen LogP contribution is -1.62. The van der Waals surface area contributed by atoms with Crippen molar-refractivity contribution in [3.63, 3.8) is 0 Å². The molecular formula is C5H6Cl2. The van der Waals surface area contributed by atoms with Gasteiger partial charge in [0.1, 0.15) is 0 Å². The van der Waals surface area contributed by atoms with E-state index < -0.39 is 0 Å². The Balaban J connectivity index is 3.49. The highest BCUT2D eigenvalue weighted by Gasteiger charge is 1.76. The lowest BCUT2D eigenvalue weighted by molar-refractivity contribution is 1.71. The van der Waals surface area contributed by atoms with Crippen molar-refractivity contribution in [3.05, 3.63) is 23.8 Å². The van der Waals surface area contributed by atoms with E-state index in [0.29, 0.717) is 10.9 Å². The predicted molar refractivity (Wildman–Crippen MR) is 34.9 cm³/mol. The van der Waals surface area contributed by atoms with Gasteiger partial charge in [-0.1, -0.05) is 30.3 Å². The van der Waals surface area contributed by atoms with Gasteiger partial charge in [-0.3, -0.25) is 0 Å². The van der Waals surface area contributed by atoms with Crippen molar-refractivity contribution >= 4 is 23.2 Å². The molecule has 0 aliphatic heterocycles. The Morgan fingerprint density at radius 1 is 1.71 bits per heavy atom. The fraction of sp³-hybridized carbons (Fsp3) is 0.200. The first-order valence-corrected chi connectivity index (χ1v) is 2.76. The standard InChI is InChI=1S/C5H6Cl2/c1-2-5(7)3-4-6/h2-3H,1,4H2/b5-3-. The third-order valence-electron chi connectivity index (χ3n) is 0.467. The average molecular weight is 137 g/mol. The van der Waals surface area contributed by atoms with Gasteiger partial charge in [-0.2, -0.15) is 0 Å². The Labute approximate surface area is 53.4 Å². The minimum absolute atomic E-state index is 0.449. The zero-order valence-electron chi connectivity index (χ0n) is 3.82. The van der Waals surface area contributed by atoms with Crippen LogP contribution in [-0.4, -0.2) is 5.88 Å². The molecule has 0 aromatic heterocycles. The molecular weight excluding hydrogens is 131 g/mol. The number of hydrogen-bond donors (Lipinski definition) is 0. The van der Waals surface area contributed by atoms with Crippen LogP contribution in [0.2, 0.25) is 0 Å². The van der Waals surface area contributed by atoms with Crippen LogP contribution < -0.4 is 0 Å². The maximum Gasteiger partial charge on any atom is 0.0421 e. The maximum atomic E-state index is 5.42. The van der Waals surface area contributed by atoms with Gasteiger partial charge < -0.3 is 0 Å². The monoisotopic (exact) mass is 136 g/mol. The first-order valence-electron chi connectivity index (χ1n) is 1.85. The smallest absolute Gasteiger partial charge is 0.0421 e. The first kappa shape index (κ1) is 7.06. The number of hydrogen-bond acceptors (Lipinski definition) is 0. The van der Waals surface area contributed by atoms with Gasteiger partial charge in [-0.25, -0.2) is 0 Å². The number of allylic oxidation sites excluding steroid dienone is 3. The molecule has 0 saturated carbocycles.